The van der Waals surface area contributed by atoms with Crippen molar-refractivity contribution in [2.75, 3.05) is 20.0 Å². The zero-order valence-electron chi connectivity index (χ0n) is 5.96. The van der Waals surface area contributed by atoms with Gasteiger partial charge in [-0.25, -0.2) is 0 Å². The molecular weight excluding hydrogens is 135 g/mol. The lowest BCUT2D eigenvalue weighted by Gasteiger charge is -2.05. The van der Waals surface area contributed by atoms with Crippen LogP contribution in [0.2, 0.25) is 6.32 Å². The molecule has 0 aromatic heterocycles. The van der Waals surface area contributed by atoms with Crippen molar-refractivity contribution >= 4 is 19.7 Å². The topological polar surface area (TPSA) is 18.5 Å². The third-order valence-electron chi connectivity index (χ3n) is 1.12. The van der Waals surface area contributed by atoms with Gasteiger partial charge < -0.3 is 9.31 Å². The smallest absolute Gasteiger partial charge is 0.414 e. The van der Waals surface area contributed by atoms with Crippen molar-refractivity contribution in [2.45, 2.75) is 12.7 Å². The molecular formula is C5H13BO2S. The van der Waals surface area contributed by atoms with Gasteiger partial charge in [0, 0.05) is 14.2 Å². The van der Waals surface area contributed by atoms with E-state index in [2.05, 4.69) is 12.6 Å². The largest absolute Gasteiger partial charge is 0.456 e. The maximum Gasteiger partial charge on any atom is 0.456 e. The molecule has 0 atom stereocenters. The second kappa shape index (κ2) is 6.45. The van der Waals surface area contributed by atoms with Crippen molar-refractivity contribution in [2.24, 2.45) is 0 Å². The standard InChI is InChI=1S/C5H13BO2S/c1-7-6(8-2)4-3-5-9/h9H,3-5H2,1-2H3. The third-order valence-corrected chi connectivity index (χ3v) is 1.44. The summed E-state index contributed by atoms with van der Waals surface area (Å²) in [6, 6.07) is 0. The molecule has 0 saturated heterocycles. The molecule has 0 N–H and O–H groups in total. The molecule has 0 aromatic rings. The summed E-state index contributed by atoms with van der Waals surface area (Å²) >= 11 is 4.06. The summed E-state index contributed by atoms with van der Waals surface area (Å²) in [4.78, 5) is 0. The fourth-order valence-corrected chi connectivity index (χ4v) is 0.772. The van der Waals surface area contributed by atoms with E-state index in [1.807, 2.05) is 0 Å². The first-order chi connectivity index (χ1) is 4.35. The van der Waals surface area contributed by atoms with Crippen LogP contribution in [0.5, 0.6) is 0 Å². The molecule has 0 aliphatic rings. The molecule has 0 amide bonds. The highest BCUT2D eigenvalue weighted by atomic mass is 32.1. The van der Waals surface area contributed by atoms with Crippen LogP contribution < -0.4 is 0 Å². The molecule has 54 valence electrons. The van der Waals surface area contributed by atoms with E-state index in [1.165, 1.54) is 0 Å². The molecule has 0 spiro atoms. The van der Waals surface area contributed by atoms with Crippen LogP contribution in [0.4, 0.5) is 0 Å². The number of hydrogen-bond acceptors (Lipinski definition) is 3. The Balaban J connectivity index is 3.09. The maximum absolute atomic E-state index is 4.95. The Morgan fingerprint density at radius 3 is 2.22 bits per heavy atom. The lowest BCUT2D eigenvalue weighted by atomic mass is 9.83. The Hall–Kier alpha value is 0.335. The van der Waals surface area contributed by atoms with E-state index < -0.39 is 0 Å². The van der Waals surface area contributed by atoms with Crippen LogP contribution in [-0.4, -0.2) is 27.1 Å². The Bertz CT molecular complexity index is 58.9. The Kier molecular flexibility index (Phi) is 6.70. The molecule has 0 heterocycles. The normalized spacial score (nSPS) is 9.67. The molecule has 0 radical (unpaired) electrons. The molecule has 0 aromatic carbocycles. The van der Waals surface area contributed by atoms with E-state index in [4.69, 9.17) is 9.31 Å². The van der Waals surface area contributed by atoms with Crippen LogP contribution in [0.3, 0.4) is 0 Å². The Morgan fingerprint density at radius 1 is 1.33 bits per heavy atom. The molecule has 0 saturated carbocycles. The average Bonchev–Trinajstić information content (AvgIpc) is 1.91. The average molecular weight is 148 g/mol. The number of hydrogen-bond donors (Lipinski definition) is 1. The number of rotatable bonds is 5. The van der Waals surface area contributed by atoms with E-state index in [0.29, 0.717) is 0 Å². The molecule has 0 rings (SSSR count). The fraction of sp³-hybridized carbons (Fsp3) is 1.00. The van der Waals surface area contributed by atoms with Crippen LogP contribution in [-0.2, 0) is 9.31 Å². The summed E-state index contributed by atoms with van der Waals surface area (Å²) in [6.07, 6.45) is 1.96. The van der Waals surface area contributed by atoms with Crippen molar-refractivity contribution in [3.05, 3.63) is 0 Å². The summed E-state index contributed by atoms with van der Waals surface area (Å²) in [5.74, 6) is 0.892. The van der Waals surface area contributed by atoms with Gasteiger partial charge >= 0.3 is 7.12 Å². The zero-order chi connectivity index (χ0) is 7.11. The predicted molar refractivity (Wildman–Crippen MR) is 43.0 cm³/mol. The van der Waals surface area contributed by atoms with Crippen molar-refractivity contribution in [1.82, 2.24) is 0 Å². The van der Waals surface area contributed by atoms with Gasteiger partial charge in [0.2, 0.25) is 0 Å². The minimum atomic E-state index is -0.0443. The van der Waals surface area contributed by atoms with Gasteiger partial charge in [0.05, 0.1) is 0 Å². The van der Waals surface area contributed by atoms with Gasteiger partial charge in [-0.05, 0) is 18.5 Å². The zero-order valence-corrected chi connectivity index (χ0v) is 6.86. The van der Waals surface area contributed by atoms with Gasteiger partial charge in [-0.2, -0.15) is 12.6 Å². The first-order valence-corrected chi connectivity index (χ1v) is 3.64. The van der Waals surface area contributed by atoms with Crippen molar-refractivity contribution < 1.29 is 9.31 Å². The summed E-state index contributed by atoms with van der Waals surface area (Å²) in [5, 5.41) is 0. The van der Waals surface area contributed by atoms with Crippen molar-refractivity contribution in [3.8, 4) is 0 Å². The molecule has 2 nitrogen and oxygen atoms in total. The van der Waals surface area contributed by atoms with Crippen LogP contribution in [0.25, 0.3) is 0 Å². The lowest BCUT2D eigenvalue weighted by Crippen LogP contribution is -2.18. The molecule has 0 aliphatic carbocycles. The third kappa shape index (κ3) is 4.81. The fourth-order valence-electron chi connectivity index (χ4n) is 0.590. The van der Waals surface area contributed by atoms with Gasteiger partial charge in [-0.15, -0.1) is 0 Å². The first kappa shape index (κ1) is 9.33. The second-order valence-corrected chi connectivity index (χ2v) is 2.21. The molecule has 0 unspecified atom stereocenters. The van der Waals surface area contributed by atoms with Crippen molar-refractivity contribution in [3.63, 3.8) is 0 Å². The quantitative estimate of drug-likeness (QED) is 0.464. The van der Waals surface area contributed by atoms with Crippen LogP contribution in [0.1, 0.15) is 6.42 Å². The lowest BCUT2D eigenvalue weighted by molar-refractivity contribution is 0.277. The number of thiol groups is 1. The highest BCUT2D eigenvalue weighted by Gasteiger charge is 2.11. The van der Waals surface area contributed by atoms with E-state index in [1.54, 1.807) is 14.2 Å². The van der Waals surface area contributed by atoms with Crippen LogP contribution >= 0.6 is 12.6 Å². The first-order valence-electron chi connectivity index (χ1n) is 3.01. The minimum absolute atomic E-state index is 0.0443. The molecule has 0 aliphatic heterocycles. The summed E-state index contributed by atoms with van der Waals surface area (Å²) in [7, 11) is 3.25. The second-order valence-electron chi connectivity index (χ2n) is 1.77. The minimum Gasteiger partial charge on any atom is -0.414 e. The molecule has 0 fully saturated rings. The predicted octanol–water partition coefficient (Wildman–Crippen LogP) is 1.09. The summed E-state index contributed by atoms with van der Waals surface area (Å²) in [6.45, 7) is 0. The summed E-state index contributed by atoms with van der Waals surface area (Å²) < 4.78 is 9.89. The van der Waals surface area contributed by atoms with Gasteiger partial charge in [0.25, 0.3) is 0 Å². The molecule has 9 heavy (non-hydrogen) atoms. The summed E-state index contributed by atoms with van der Waals surface area (Å²) in [5.41, 5.74) is 0. The highest BCUT2D eigenvalue weighted by Crippen LogP contribution is 1.99. The van der Waals surface area contributed by atoms with E-state index >= 15 is 0 Å². The maximum atomic E-state index is 4.95. The SMILES string of the molecule is COB(CCCS)OC. The van der Waals surface area contributed by atoms with Gasteiger partial charge in [0.15, 0.2) is 0 Å². The van der Waals surface area contributed by atoms with Gasteiger partial charge in [0.1, 0.15) is 0 Å². The van der Waals surface area contributed by atoms with Crippen LogP contribution in [0.15, 0.2) is 0 Å². The van der Waals surface area contributed by atoms with Crippen molar-refractivity contribution in [1.29, 1.82) is 0 Å². The Morgan fingerprint density at radius 2 is 1.89 bits per heavy atom. The van der Waals surface area contributed by atoms with Crippen LogP contribution in [0, 0.1) is 0 Å². The Labute approximate surface area is 62.5 Å². The van der Waals surface area contributed by atoms with E-state index in [-0.39, 0.29) is 7.12 Å². The molecule has 0 bridgehead atoms. The van der Waals surface area contributed by atoms with E-state index in [9.17, 15) is 0 Å². The highest BCUT2D eigenvalue weighted by molar-refractivity contribution is 7.80. The monoisotopic (exact) mass is 148 g/mol. The van der Waals surface area contributed by atoms with E-state index in [0.717, 1.165) is 18.5 Å². The van der Waals surface area contributed by atoms with Gasteiger partial charge in [-0.3, -0.25) is 0 Å². The van der Waals surface area contributed by atoms with Gasteiger partial charge in [-0.1, -0.05) is 0 Å². The molecule has 4 heteroatoms.